The van der Waals surface area contributed by atoms with Crippen LogP contribution in [0, 0.1) is 0 Å². The average molecular weight is 552 g/mol. The van der Waals surface area contributed by atoms with E-state index >= 15 is 0 Å². The zero-order valence-electron chi connectivity index (χ0n) is 18.7. The normalized spacial score (nSPS) is 17.4. The Morgan fingerprint density at radius 1 is 1.20 bits per heavy atom. The van der Waals surface area contributed by atoms with Crippen LogP contribution in [0.3, 0.4) is 0 Å². The number of sulfonamides is 1. The first-order valence-corrected chi connectivity index (χ1v) is 12.3. The first kappa shape index (κ1) is 27.1. The fourth-order valence-corrected chi connectivity index (χ4v) is 5.21. The molecule has 9 heteroatoms. The Morgan fingerprint density at radius 3 is 2.33 bits per heavy atom. The van der Waals surface area contributed by atoms with Crippen molar-refractivity contribution in [2.45, 2.75) is 45.7 Å². The lowest BCUT2D eigenvalue weighted by atomic mass is 10.0. The van der Waals surface area contributed by atoms with Crippen LogP contribution in [0.2, 0.25) is 0 Å². The number of rotatable bonds is 9. The third kappa shape index (κ3) is 7.97. The maximum absolute atomic E-state index is 12.3. The molecule has 1 aromatic rings. The van der Waals surface area contributed by atoms with Crippen LogP contribution in [-0.2, 0) is 10.0 Å². The molecule has 1 aliphatic rings. The van der Waals surface area contributed by atoms with Gasteiger partial charge in [0.2, 0.25) is 10.0 Å². The number of benzene rings is 1. The summed E-state index contributed by atoms with van der Waals surface area (Å²) in [5, 5.41) is 6.61. The molecule has 0 bridgehead atoms. The summed E-state index contributed by atoms with van der Waals surface area (Å²) in [6, 6.07) is 11.4. The number of piperidine rings is 1. The summed E-state index contributed by atoms with van der Waals surface area (Å²) in [5.41, 5.74) is 1.35. The van der Waals surface area contributed by atoms with Gasteiger partial charge in [-0.05, 0) is 25.3 Å². The highest BCUT2D eigenvalue weighted by Crippen LogP contribution is 2.23. The Morgan fingerprint density at radius 2 is 1.80 bits per heavy atom. The van der Waals surface area contributed by atoms with E-state index in [1.807, 2.05) is 13.8 Å². The standard InChI is InChI=1S/C21H37N5O2S.HI/c1-5-26(6-2)29(27,28)17-14-23-21(22-4)24-20-12-15-25(16-13-20)18(3)19-10-8-7-9-11-19;/h7-11,18,20H,5-6,12-17H2,1-4H3,(H2,22,23,24);1H. The number of nitrogens with zero attached hydrogens (tertiary/aromatic N) is 3. The van der Waals surface area contributed by atoms with Crippen molar-refractivity contribution in [1.82, 2.24) is 19.8 Å². The quantitative estimate of drug-likeness (QED) is 0.281. The molecule has 0 radical (unpaired) electrons. The van der Waals surface area contributed by atoms with E-state index in [9.17, 15) is 8.42 Å². The highest BCUT2D eigenvalue weighted by atomic mass is 127. The zero-order valence-corrected chi connectivity index (χ0v) is 21.8. The first-order chi connectivity index (χ1) is 13.9. The predicted molar refractivity (Wildman–Crippen MR) is 136 cm³/mol. The van der Waals surface area contributed by atoms with E-state index in [1.165, 1.54) is 9.87 Å². The summed E-state index contributed by atoms with van der Waals surface area (Å²) in [6.07, 6.45) is 2.07. The molecule has 1 atom stereocenters. The molecular weight excluding hydrogens is 513 g/mol. The fraction of sp³-hybridized carbons (Fsp3) is 0.667. The van der Waals surface area contributed by atoms with E-state index < -0.39 is 10.0 Å². The second-order valence-corrected chi connectivity index (χ2v) is 9.53. The summed E-state index contributed by atoms with van der Waals surface area (Å²) in [5.74, 6) is 0.747. The average Bonchev–Trinajstić information content (AvgIpc) is 2.74. The lowest BCUT2D eigenvalue weighted by Gasteiger charge is -2.37. The molecule has 7 nitrogen and oxygen atoms in total. The van der Waals surface area contributed by atoms with Gasteiger partial charge in [-0.15, -0.1) is 24.0 Å². The van der Waals surface area contributed by atoms with Gasteiger partial charge in [-0.2, -0.15) is 0 Å². The third-order valence-corrected chi connectivity index (χ3v) is 7.70. The van der Waals surface area contributed by atoms with Crippen molar-refractivity contribution in [3.05, 3.63) is 35.9 Å². The van der Waals surface area contributed by atoms with Crippen LogP contribution >= 0.6 is 24.0 Å². The molecule has 0 aromatic heterocycles. The van der Waals surface area contributed by atoms with E-state index in [0.717, 1.165) is 25.9 Å². The van der Waals surface area contributed by atoms with Gasteiger partial charge < -0.3 is 10.6 Å². The van der Waals surface area contributed by atoms with Gasteiger partial charge in [-0.25, -0.2) is 12.7 Å². The SMILES string of the molecule is CCN(CC)S(=O)(=O)CCNC(=NC)NC1CCN(C(C)c2ccccc2)CC1.I. The minimum absolute atomic E-state index is 0. The maximum Gasteiger partial charge on any atom is 0.215 e. The van der Waals surface area contributed by atoms with Crippen LogP contribution in [0.1, 0.15) is 45.2 Å². The van der Waals surface area contributed by atoms with Crippen LogP contribution in [-0.4, -0.2) is 75.1 Å². The molecule has 172 valence electrons. The van der Waals surface area contributed by atoms with Crippen molar-refractivity contribution in [1.29, 1.82) is 0 Å². The molecule has 1 saturated heterocycles. The van der Waals surface area contributed by atoms with Gasteiger partial charge in [0, 0.05) is 51.9 Å². The number of aliphatic imine (C=N–C) groups is 1. The summed E-state index contributed by atoms with van der Waals surface area (Å²) >= 11 is 0. The number of guanidine groups is 1. The molecule has 1 fully saturated rings. The van der Waals surface area contributed by atoms with Gasteiger partial charge in [0.05, 0.1) is 5.75 Å². The van der Waals surface area contributed by atoms with E-state index in [1.54, 1.807) is 7.05 Å². The van der Waals surface area contributed by atoms with Crippen molar-refractivity contribution < 1.29 is 8.42 Å². The molecule has 2 N–H and O–H groups in total. The number of nitrogens with one attached hydrogen (secondary N) is 2. The van der Waals surface area contributed by atoms with Gasteiger partial charge in [0.25, 0.3) is 0 Å². The Hall–Kier alpha value is -0.910. The summed E-state index contributed by atoms with van der Waals surface area (Å²) in [4.78, 5) is 6.78. The van der Waals surface area contributed by atoms with Crippen LogP contribution in [0.5, 0.6) is 0 Å². The van der Waals surface area contributed by atoms with Gasteiger partial charge >= 0.3 is 0 Å². The van der Waals surface area contributed by atoms with E-state index in [-0.39, 0.29) is 29.7 Å². The molecule has 1 heterocycles. The molecule has 1 unspecified atom stereocenters. The molecule has 0 spiro atoms. The second kappa shape index (κ2) is 13.5. The van der Waals surface area contributed by atoms with E-state index in [2.05, 4.69) is 57.8 Å². The van der Waals surface area contributed by atoms with Crippen LogP contribution in [0.4, 0.5) is 0 Å². The highest BCUT2D eigenvalue weighted by molar-refractivity contribution is 14.0. The van der Waals surface area contributed by atoms with Crippen molar-refractivity contribution in [2.24, 2.45) is 4.99 Å². The second-order valence-electron chi connectivity index (χ2n) is 7.44. The predicted octanol–water partition coefficient (Wildman–Crippen LogP) is 2.67. The molecule has 1 aliphatic heterocycles. The van der Waals surface area contributed by atoms with Crippen molar-refractivity contribution in [3.8, 4) is 0 Å². The molecule has 2 rings (SSSR count). The van der Waals surface area contributed by atoms with Crippen LogP contribution in [0.25, 0.3) is 0 Å². The first-order valence-electron chi connectivity index (χ1n) is 10.6. The Kier molecular flexibility index (Phi) is 12.2. The maximum atomic E-state index is 12.3. The lowest BCUT2D eigenvalue weighted by Crippen LogP contribution is -2.50. The van der Waals surface area contributed by atoms with Crippen molar-refractivity contribution >= 4 is 40.0 Å². The van der Waals surface area contributed by atoms with Gasteiger partial charge in [-0.3, -0.25) is 9.89 Å². The van der Waals surface area contributed by atoms with Crippen molar-refractivity contribution in [2.75, 3.05) is 45.5 Å². The molecule has 30 heavy (non-hydrogen) atoms. The summed E-state index contributed by atoms with van der Waals surface area (Å²) in [6.45, 7) is 9.40. The zero-order chi connectivity index (χ0) is 21.3. The molecule has 0 saturated carbocycles. The Labute approximate surface area is 199 Å². The van der Waals surface area contributed by atoms with Gasteiger partial charge in [0.15, 0.2) is 5.96 Å². The fourth-order valence-electron chi connectivity index (χ4n) is 3.81. The summed E-state index contributed by atoms with van der Waals surface area (Å²) in [7, 11) is -1.50. The van der Waals surface area contributed by atoms with Crippen molar-refractivity contribution in [3.63, 3.8) is 0 Å². The third-order valence-electron chi connectivity index (χ3n) is 5.67. The summed E-state index contributed by atoms with van der Waals surface area (Å²) < 4.78 is 26.1. The number of hydrogen-bond donors (Lipinski definition) is 2. The van der Waals surface area contributed by atoms with Crippen LogP contribution in [0.15, 0.2) is 35.3 Å². The number of hydrogen-bond acceptors (Lipinski definition) is 4. The Balaban J connectivity index is 0.00000450. The molecule has 1 aromatic carbocycles. The number of likely N-dealkylation sites (tertiary alicyclic amines) is 1. The minimum atomic E-state index is -3.22. The van der Waals surface area contributed by atoms with E-state index in [0.29, 0.717) is 37.7 Å². The highest BCUT2D eigenvalue weighted by Gasteiger charge is 2.24. The largest absolute Gasteiger partial charge is 0.355 e. The van der Waals surface area contributed by atoms with Gasteiger partial charge in [0.1, 0.15) is 0 Å². The monoisotopic (exact) mass is 551 g/mol. The molecule has 0 aliphatic carbocycles. The van der Waals surface area contributed by atoms with Crippen LogP contribution < -0.4 is 10.6 Å². The number of halogens is 1. The Bertz CT molecular complexity index is 733. The molecular formula is C21H38IN5O2S. The molecule has 0 amide bonds. The minimum Gasteiger partial charge on any atom is -0.355 e. The van der Waals surface area contributed by atoms with E-state index in [4.69, 9.17) is 0 Å². The smallest absolute Gasteiger partial charge is 0.215 e. The van der Waals surface area contributed by atoms with Gasteiger partial charge in [-0.1, -0.05) is 44.2 Å². The lowest BCUT2D eigenvalue weighted by molar-refractivity contribution is 0.158. The topological polar surface area (TPSA) is 77.0 Å².